The highest BCUT2D eigenvalue weighted by atomic mass is 32.1. The van der Waals surface area contributed by atoms with Crippen LogP contribution in [0.2, 0.25) is 0 Å². The number of aromatic hydroxyl groups is 1. The largest absolute Gasteiger partial charge is 0.494 e. The van der Waals surface area contributed by atoms with E-state index in [1.54, 1.807) is 0 Å². The number of hydrogen-bond acceptors (Lipinski definition) is 6. The Hall–Kier alpha value is -2.24. The van der Waals surface area contributed by atoms with Crippen LogP contribution in [0.25, 0.3) is 0 Å². The Morgan fingerprint density at radius 2 is 2.09 bits per heavy atom. The molecule has 0 bridgehead atoms. The predicted molar refractivity (Wildman–Crippen MR) is 91.5 cm³/mol. The van der Waals surface area contributed by atoms with Gasteiger partial charge in [-0.3, -0.25) is 9.78 Å². The molecular formula is C15H14N4O2S2. The van der Waals surface area contributed by atoms with Gasteiger partial charge in [-0.15, -0.1) is 11.3 Å². The van der Waals surface area contributed by atoms with Crippen molar-refractivity contribution < 1.29 is 5.11 Å². The van der Waals surface area contributed by atoms with E-state index < -0.39 is 5.56 Å². The van der Waals surface area contributed by atoms with Crippen molar-refractivity contribution in [3.05, 3.63) is 36.7 Å². The van der Waals surface area contributed by atoms with Gasteiger partial charge in [-0.1, -0.05) is 6.42 Å². The van der Waals surface area contributed by atoms with Gasteiger partial charge in [0.1, 0.15) is 16.6 Å². The van der Waals surface area contributed by atoms with E-state index in [0.29, 0.717) is 10.6 Å². The average molecular weight is 346 g/mol. The lowest BCUT2D eigenvalue weighted by Gasteiger charge is -1.98. The summed E-state index contributed by atoms with van der Waals surface area (Å²) in [6.45, 7) is 0. The lowest BCUT2D eigenvalue weighted by atomic mass is 10.1. The predicted octanol–water partition coefficient (Wildman–Crippen LogP) is 3.09. The third-order valence-corrected chi connectivity index (χ3v) is 5.19. The minimum atomic E-state index is -0.522. The maximum Gasteiger partial charge on any atom is 0.264 e. The zero-order valence-corrected chi connectivity index (χ0v) is 13.8. The summed E-state index contributed by atoms with van der Waals surface area (Å²) in [5.41, 5.74) is 1.15. The average Bonchev–Trinajstić information content (AvgIpc) is 2.66. The van der Waals surface area contributed by atoms with E-state index in [1.807, 2.05) is 0 Å². The first kappa shape index (κ1) is 15.6. The topological polar surface area (TPSA) is 105 Å². The molecule has 118 valence electrons. The third kappa shape index (κ3) is 3.11. The van der Waals surface area contributed by atoms with E-state index >= 15 is 0 Å². The number of fused-ring (bicyclic) bond motifs is 1. The molecule has 6 nitrogen and oxygen atoms in total. The highest BCUT2D eigenvalue weighted by Gasteiger charge is 2.19. The summed E-state index contributed by atoms with van der Waals surface area (Å²) in [6, 6.07) is 2.23. The summed E-state index contributed by atoms with van der Waals surface area (Å²) in [7, 11) is 0. The van der Waals surface area contributed by atoms with Gasteiger partial charge in [0.05, 0.1) is 5.56 Å². The zero-order chi connectivity index (χ0) is 16.4. The molecule has 23 heavy (non-hydrogen) atoms. The van der Waals surface area contributed by atoms with Crippen LogP contribution in [0.5, 0.6) is 5.88 Å². The SMILES string of the molecule is N#Cc1c(N=Cc2c(O)[nH]c(=S)[nH]c2=O)sc2c1CCCCC2. The van der Waals surface area contributed by atoms with E-state index in [1.165, 1.54) is 28.8 Å². The molecule has 0 aromatic carbocycles. The van der Waals surface area contributed by atoms with Crippen LogP contribution < -0.4 is 5.56 Å². The third-order valence-electron chi connectivity index (χ3n) is 3.78. The normalized spacial score (nSPS) is 14.4. The minimum Gasteiger partial charge on any atom is -0.494 e. The summed E-state index contributed by atoms with van der Waals surface area (Å²) in [5.74, 6) is -0.334. The van der Waals surface area contributed by atoms with Crippen LogP contribution in [0.4, 0.5) is 5.00 Å². The number of nitrogens with one attached hydrogen (secondary N) is 2. The molecular weight excluding hydrogens is 332 g/mol. The first-order chi connectivity index (χ1) is 11.1. The maximum absolute atomic E-state index is 11.8. The van der Waals surface area contributed by atoms with Gasteiger partial charge in [0.2, 0.25) is 5.88 Å². The Morgan fingerprint density at radius 1 is 1.30 bits per heavy atom. The van der Waals surface area contributed by atoms with Crippen LogP contribution in [0.3, 0.4) is 0 Å². The summed E-state index contributed by atoms with van der Waals surface area (Å²) >= 11 is 6.27. The highest BCUT2D eigenvalue weighted by Crippen LogP contribution is 2.38. The zero-order valence-electron chi connectivity index (χ0n) is 12.2. The molecule has 0 fully saturated rings. The van der Waals surface area contributed by atoms with Crippen molar-refractivity contribution in [3.63, 3.8) is 0 Å². The van der Waals surface area contributed by atoms with Gasteiger partial charge in [0, 0.05) is 11.1 Å². The van der Waals surface area contributed by atoms with E-state index in [2.05, 4.69) is 21.0 Å². The van der Waals surface area contributed by atoms with Crippen molar-refractivity contribution in [2.24, 2.45) is 4.99 Å². The van der Waals surface area contributed by atoms with Gasteiger partial charge < -0.3 is 10.1 Å². The molecule has 2 heterocycles. The second kappa shape index (κ2) is 6.48. The highest BCUT2D eigenvalue weighted by molar-refractivity contribution is 7.71. The van der Waals surface area contributed by atoms with Crippen LogP contribution in [-0.2, 0) is 12.8 Å². The van der Waals surface area contributed by atoms with Crippen molar-refractivity contribution in [1.82, 2.24) is 9.97 Å². The number of aromatic nitrogens is 2. The molecule has 0 saturated carbocycles. The second-order valence-electron chi connectivity index (χ2n) is 5.29. The Kier molecular flexibility index (Phi) is 4.41. The molecule has 0 amide bonds. The van der Waals surface area contributed by atoms with Crippen LogP contribution in [0.15, 0.2) is 9.79 Å². The minimum absolute atomic E-state index is 0.00826. The van der Waals surface area contributed by atoms with Crippen LogP contribution in [-0.4, -0.2) is 21.3 Å². The van der Waals surface area contributed by atoms with Crippen molar-refractivity contribution >= 4 is 34.8 Å². The van der Waals surface area contributed by atoms with Gasteiger partial charge in [-0.05, 0) is 43.5 Å². The monoisotopic (exact) mass is 346 g/mol. The smallest absolute Gasteiger partial charge is 0.264 e. The Bertz CT molecular complexity index is 930. The van der Waals surface area contributed by atoms with E-state index in [-0.39, 0.29) is 16.2 Å². The van der Waals surface area contributed by atoms with Crippen LogP contribution in [0, 0.1) is 16.1 Å². The van der Waals surface area contributed by atoms with Crippen LogP contribution in [0.1, 0.15) is 40.8 Å². The van der Waals surface area contributed by atoms with Crippen molar-refractivity contribution in [1.29, 1.82) is 5.26 Å². The van der Waals surface area contributed by atoms with Gasteiger partial charge in [0.15, 0.2) is 4.77 Å². The fraction of sp³-hybridized carbons (Fsp3) is 0.333. The molecule has 0 unspecified atom stereocenters. The van der Waals surface area contributed by atoms with Gasteiger partial charge >= 0.3 is 0 Å². The fourth-order valence-electron chi connectivity index (χ4n) is 2.66. The molecule has 1 aliphatic carbocycles. The molecule has 2 aromatic rings. The van der Waals surface area contributed by atoms with Gasteiger partial charge in [-0.2, -0.15) is 5.26 Å². The lowest BCUT2D eigenvalue weighted by molar-refractivity contribution is 0.449. The standard InChI is InChI=1S/C15H14N4O2S2/c16-6-9-8-4-2-1-3-5-11(8)23-14(9)17-7-10-12(20)18-15(22)19-13(10)21/h7H,1-5H2,(H3,18,19,20,21,22). The van der Waals surface area contributed by atoms with Gasteiger partial charge in [-0.25, -0.2) is 4.99 Å². The maximum atomic E-state index is 11.8. The molecule has 0 saturated heterocycles. The Labute approximate surface area is 141 Å². The number of aryl methyl sites for hydroxylation is 1. The molecule has 3 rings (SSSR count). The molecule has 0 spiro atoms. The lowest BCUT2D eigenvalue weighted by Crippen LogP contribution is -2.13. The van der Waals surface area contributed by atoms with Gasteiger partial charge in [0.25, 0.3) is 5.56 Å². The molecule has 2 aromatic heterocycles. The molecule has 8 heteroatoms. The van der Waals surface area contributed by atoms with E-state index in [9.17, 15) is 15.2 Å². The summed E-state index contributed by atoms with van der Waals surface area (Å²) in [6.07, 6.45) is 6.51. The molecule has 0 radical (unpaired) electrons. The molecule has 0 atom stereocenters. The fourth-order valence-corrected chi connectivity index (χ4v) is 4.03. The Balaban J connectivity index is 2.03. The number of rotatable bonds is 2. The van der Waals surface area contributed by atoms with Crippen molar-refractivity contribution in [2.75, 3.05) is 0 Å². The number of hydrogen-bond donors (Lipinski definition) is 3. The molecule has 1 aliphatic rings. The number of thiophene rings is 1. The number of aliphatic imine (C=N–C) groups is 1. The first-order valence-electron chi connectivity index (χ1n) is 7.24. The number of aromatic amines is 2. The Morgan fingerprint density at radius 3 is 2.83 bits per heavy atom. The summed E-state index contributed by atoms with van der Waals surface area (Å²) < 4.78 is 0.0465. The summed E-state index contributed by atoms with van der Waals surface area (Å²) in [5, 5.41) is 19.8. The summed E-state index contributed by atoms with van der Waals surface area (Å²) in [4.78, 5) is 22.2. The number of H-pyrrole nitrogens is 2. The molecule has 3 N–H and O–H groups in total. The second-order valence-corrected chi connectivity index (χ2v) is 6.78. The number of nitrogens with zero attached hydrogens (tertiary/aromatic N) is 2. The van der Waals surface area contributed by atoms with Crippen molar-refractivity contribution in [2.45, 2.75) is 32.1 Å². The molecule has 0 aliphatic heterocycles. The van der Waals surface area contributed by atoms with Crippen molar-refractivity contribution in [3.8, 4) is 11.9 Å². The van der Waals surface area contributed by atoms with E-state index in [4.69, 9.17) is 12.2 Å². The number of nitriles is 1. The van der Waals surface area contributed by atoms with E-state index in [0.717, 1.165) is 31.2 Å². The van der Waals surface area contributed by atoms with Crippen LogP contribution >= 0.6 is 23.6 Å². The first-order valence-corrected chi connectivity index (χ1v) is 8.47. The quantitative estimate of drug-likeness (QED) is 0.441.